The van der Waals surface area contributed by atoms with Crippen molar-refractivity contribution in [3.8, 4) is 0 Å². The summed E-state index contributed by atoms with van der Waals surface area (Å²) in [6.07, 6.45) is 2.11. The van der Waals surface area contributed by atoms with Crippen LogP contribution in [-0.4, -0.2) is 62.1 Å². The second-order valence-corrected chi connectivity index (χ2v) is 6.15. The van der Waals surface area contributed by atoms with E-state index in [0.29, 0.717) is 5.92 Å². The van der Waals surface area contributed by atoms with Crippen molar-refractivity contribution in [2.75, 3.05) is 46.4 Å². The molecule has 124 valence electrons. The molecule has 0 spiro atoms. The zero-order valence-corrected chi connectivity index (χ0v) is 14.0. The number of nitrogens with zero attached hydrogens (tertiary/aromatic N) is 2. The minimum Gasteiger partial charge on any atom is -0.466 e. The molecule has 1 aromatic rings. The van der Waals surface area contributed by atoms with Gasteiger partial charge in [-0.2, -0.15) is 0 Å². The summed E-state index contributed by atoms with van der Waals surface area (Å²) < 4.78 is 10.6. The third-order valence-corrected chi connectivity index (χ3v) is 4.33. The monoisotopic (exact) mass is 308 g/mol. The molecule has 5 nitrogen and oxygen atoms in total. The van der Waals surface area contributed by atoms with Crippen LogP contribution < -0.4 is 0 Å². The lowest BCUT2D eigenvalue weighted by Gasteiger charge is -2.22. The van der Waals surface area contributed by atoms with Gasteiger partial charge in [-0.15, -0.1) is 0 Å². The molecule has 1 fully saturated rings. The lowest BCUT2D eigenvalue weighted by Crippen LogP contribution is -2.37. The minimum atomic E-state index is 0.101. The molecule has 0 N–H and O–H groups in total. The first kappa shape index (κ1) is 17.0. The number of rotatable bonds is 6. The first-order valence-corrected chi connectivity index (χ1v) is 8.15. The van der Waals surface area contributed by atoms with Crippen molar-refractivity contribution in [2.24, 2.45) is 0 Å². The molecule has 1 aromatic heterocycles. The molecule has 0 saturated carbocycles. The Balaban J connectivity index is 1.76. The predicted molar refractivity (Wildman–Crippen MR) is 86.0 cm³/mol. The first-order valence-electron chi connectivity index (χ1n) is 8.15. The number of carbonyl (C=O) groups is 1. The summed E-state index contributed by atoms with van der Waals surface area (Å²) in [4.78, 5) is 16.3. The van der Waals surface area contributed by atoms with Crippen LogP contribution in [0, 0.1) is 6.92 Å². The van der Waals surface area contributed by atoms with E-state index < -0.39 is 0 Å². The molecule has 2 heterocycles. The van der Waals surface area contributed by atoms with E-state index in [9.17, 15) is 4.79 Å². The Morgan fingerprint density at radius 3 is 2.82 bits per heavy atom. The molecule has 5 heteroatoms. The third kappa shape index (κ3) is 4.85. The van der Waals surface area contributed by atoms with Crippen molar-refractivity contribution >= 4 is 5.91 Å². The molecule has 1 aliphatic heterocycles. The van der Waals surface area contributed by atoms with Crippen LogP contribution in [-0.2, 0) is 9.53 Å². The maximum atomic E-state index is 11.9. The highest BCUT2D eigenvalue weighted by Gasteiger charge is 2.19. The van der Waals surface area contributed by atoms with Crippen LogP contribution in [0.2, 0.25) is 0 Å². The highest BCUT2D eigenvalue weighted by Crippen LogP contribution is 2.21. The Labute approximate surface area is 133 Å². The highest BCUT2D eigenvalue weighted by atomic mass is 16.5. The summed E-state index contributed by atoms with van der Waals surface area (Å²) in [5.74, 6) is 2.58. The Morgan fingerprint density at radius 1 is 1.32 bits per heavy atom. The fourth-order valence-electron chi connectivity index (χ4n) is 2.90. The number of hydrogen-bond acceptors (Lipinski definition) is 4. The van der Waals surface area contributed by atoms with E-state index in [1.165, 1.54) is 0 Å². The zero-order chi connectivity index (χ0) is 15.9. The average Bonchev–Trinajstić information content (AvgIpc) is 2.80. The molecule has 0 bridgehead atoms. The standard InChI is InChI=1S/C17H28N2O3/c1-14(16-6-5-15(2)22-16)7-10-18-8-4-9-19(12-11-18)17(20)13-21-3/h5-6,14H,4,7-13H2,1-3H3/t14-/m0/s1. The molecule has 1 saturated heterocycles. The van der Waals surface area contributed by atoms with Gasteiger partial charge >= 0.3 is 0 Å². The van der Waals surface area contributed by atoms with Crippen molar-refractivity contribution in [3.05, 3.63) is 23.7 Å². The number of methoxy groups -OCH3 is 1. The van der Waals surface area contributed by atoms with Crippen LogP contribution in [0.5, 0.6) is 0 Å². The van der Waals surface area contributed by atoms with Crippen molar-refractivity contribution in [1.29, 1.82) is 0 Å². The molecule has 0 radical (unpaired) electrons. The molecular weight excluding hydrogens is 280 g/mol. The van der Waals surface area contributed by atoms with Crippen molar-refractivity contribution in [3.63, 3.8) is 0 Å². The van der Waals surface area contributed by atoms with Crippen LogP contribution in [0.15, 0.2) is 16.5 Å². The minimum absolute atomic E-state index is 0.101. The number of carbonyl (C=O) groups excluding carboxylic acids is 1. The second-order valence-electron chi connectivity index (χ2n) is 6.15. The topological polar surface area (TPSA) is 45.9 Å². The first-order chi connectivity index (χ1) is 10.6. The Kier molecular flexibility index (Phi) is 6.46. The van der Waals surface area contributed by atoms with Gasteiger partial charge in [0, 0.05) is 32.7 Å². The number of hydrogen-bond donors (Lipinski definition) is 0. The maximum Gasteiger partial charge on any atom is 0.248 e. The van der Waals surface area contributed by atoms with Gasteiger partial charge in [0.1, 0.15) is 18.1 Å². The maximum absolute atomic E-state index is 11.9. The third-order valence-electron chi connectivity index (χ3n) is 4.33. The van der Waals surface area contributed by atoms with Crippen molar-refractivity contribution in [1.82, 2.24) is 9.80 Å². The van der Waals surface area contributed by atoms with Gasteiger partial charge in [-0.3, -0.25) is 4.79 Å². The summed E-state index contributed by atoms with van der Waals surface area (Å²) in [5, 5.41) is 0. The SMILES string of the molecule is COCC(=O)N1CCCN(CC[C@H](C)c2ccc(C)o2)CC1. The molecular formula is C17H28N2O3. The number of amides is 1. The highest BCUT2D eigenvalue weighted by molar-refractivity contribution is 5.77. The Morgan fingerprint density at radius 2 is 2.14 bits per heavy atom. The molecule has 0 aliphatic carbocycles. The van der Waals surface area contributed by atoms with Crippen LogP contribution in [0.3, 0.4) is 0 Å². The number of aryl methyl sites for hydroxylation is 1. The summed E-state index contributed by atoms with van der Waals surface area (Å²) in [6.45, 7) is 9.07. The molecule has 0 unspecified atom stereocenters. The fourth-order valence-corrected chi connectivity index (χ4v) is 2.90. The molecule has 0 aromatic carbocycles. The van der Waals surface area contributed by atoms with Gasteiger partial charge in [-0.05, 0) is 45.0 Å². The summed E-state index contributed by atoms with van der Waals surface area (Å²) in [6, 6.07) is 4.10. The van der Waals surface area contributed by atoms with Crippen molar-refractivity contribution < 1.29 is 13.9 Å². The van der Waals surface area contributed by atoms with Crippen LogP contribution in [0.1, 0.15) is 37.2 Å². The van der Waals surface area contributed by atoms with Gasteiger partial charge in [-0.1, -0.05) is 6.92 Å². The van der Waals surface area contributed by atoms with Gasteiger partial charge in [-0.25, -0.2) is 0 Å². The summed E-state index contributed by atoms with van der Waals surface area (Å²) in [7, 11) is 1.57. The second kappa shape index (κ2) is 8.34. The van der Waals surface area contributed by atoms with E-state index in [1.54, 1.807) is 7.11 Å². The van der Waals surface area contributed by atoms with E-state index in [2.05, 4.69) is 17.9 Å². The van der Waals surface area contributed by atoms with E-state index in [0.717, 1.165) is 57.1 Å². The van der Waals surface area contributed by atoms with Gasteiger partial charge in [0.25, 0.3) is 0 Å². The quantitative estimate of drug-likeness (QED) is 0.809. The zero-order valence-electron chi connectivity index (χ0n) is 14.0. The van der Waals surface area contributed by atoms with Gasteiger partial charge in [0.15, 0.2) is 0 Å². The largest absolute Gasteiger partial charge is 0.466 e. The molecule has 1 amide bonds. The molecule has 22 heavy (non-hydrogen) atoms. The average molecular weight is 308 g/mol. The van der Waals surface area contributed by atoms with Gasteiger partial charge in [0.2, 0.25) is 5.91 Å². The van der Waals surface area contributed by atoms with Crippen LogP contribution in [0.4, 0.5) is 0 Å². The van der Waals surface area contributed by atoms with E-state index >= 15 is 0 Å². The summed E-state index contributed by atoms with van der Waals surface area (Å²) >= 11 is 0. The Hall–Kier alpha value is -1.33. The van der Waals surface area contributed by atoms with E-state index in [1.807, 2.05) is 17.9 Å². The predicted octanol–water partition coefficient (Wildman–Crippen LogP) is 2.26. The van der Waals surface area contributed by atoms with E-state index in [4.69, 9.17) is 9.15 Å². The van der Waals surface area contributed by atoms with Gasteiger partial charge in [0.05, 0.1) is 0 Å². The molecule has 1 atom stereocenters. The fraction of sp³-hybridized carbons (Fsp3) is 0.706. The smallest absolute Gasteiger partial charge is 0.248 e. The van der Waals surface area contributed by atoms with Gasteiger partial charge < -0.3 is 19.0 Å². The molecule has 1 aliphatic rings. The Bertz CT molecular complexity index is 472. The molecule has 2 rings (SSSR count). The van der Waals surface area contributed by atoms with Crippen LogP contribution in [0.25, 0.3) is 0 Å². The van der Waals surface area contributed by atoms with E-state index in [-0.39, 0.29) is 12.5 Å². The lowest BCUT2D eigenvalue weighted by molar-refractivity contribution is -0.135. The lowest BCUT2D eigenvalue weighted by atomic mass is 10.0. The van der Waals surface area contributed by atoms with Crippen molar-refractivity contribution in [2.45, 2.75) is 32.6 Å². The van der Waals surface area contributed by atoms with Crippen LogP contribution >= 0.6 is 0 Å². The normalized spacial score (nSPS) is 18.2. The summed E-state index contributed by atoms with van der Waals surface area (Å²) in [5.41, 5.74) is 0. The number of ether oxygens (including phenoxy) is 1. The number of furan rings is 1.